The Morgan fingerprint density at radius 2 is 0.972 bits per heavy atom. The molecule has 0 saturated carbocycles. The lowest BCUT2D eigenvalue weighted by Gasteiger charge is -2.29. The maximum atomic E-state index is 11.3. The van der Waals surface area contributed by atoms with Crippen molar-refractivity contribution in [2.45, 2.75) is 142 Å². The molecule has 0 aromatic heterocycles. The Morgan fingerprint density at radius 1 is 0.639 bits per heavy atom. The molecule has 0 aliphatic heterocycles. The molecule has 0 saturated heterocycles. The molecule has 1 unspecified atom stereocenters. The summed E-state index contributed by atoms with van der Waals surface area (Å²) in [5.41, 5.74) is 0. The van der Waals surface area contributed by atoms with Gasteiger partial charge in [0.1, 0.15) is 31.2 Å². The summed E-state index contributed by atoms with van der Waals surface area (Å²) < 4.78 is 34.2. The van der Waals surface area contributed by atoms with Crippen LogP contribution in [0.15, 0.2) is 36.8 Å². The zero-order valence-corrected chi connectivity index (χ0v) is 24.5. The standard InChI is InChI=1S/C30H57NO4S/c1-4-7-10-13-16-19-22-25-31(28-30(32)29-36(33,34)35,26-23-20-17-14-11-8-5-2)27-24-21-18-15-12-9-6-3/h22-27,30,32H,4-21,28-29H2,1-3H3/b25-22+,26-23+,27-24+. The van der Waals surface area contributed by atoms with E-state index in [4.69, 9.17) is 0 Å². The average molecular weight is 528 g/mol. The van der Waals surface area contributed by atoms with Gasteiger partial charge in [0.25, 0.3) is 0 Å². The first-order valence-corrected chi connectivity index (χ1v) is 16.4. The third-order valence-electron chi connectivity index (χ3n) is 6.50. The molecule has 0 aromatic rings. The average Bonchev–Trinajstić information content (AvgIpc) is 2.81. The zero-order chi connectivity index (χ0) is 27.0. The first kappa shape index (κ1) is 35.0. The van der Waals surface area contributed by atoms with Gasteiger partial charge in [0.05, 0.1) is 15.9 Å². The van der Waals surface area contributed by atoms with Gasteiger partial charge in [-0.2, -0.15) is 0 Å². The fraction of sp³-hybridized carbons (Fsp3) is 0.800. The van der Waals surface area contributed by atoms with Gasteiger partial charge in [-0.3, -0.25) is 0 Å². The van der Waals surface area contributed by atoms with Crippen LogP contribution >= 0.6 is 0 Å². The molecule has 0 amide bonds. The van der Waals surface area contributed by atoms with E-state index in [0.29, 0.717) is 0 Å². The molecule has 0 heterocycles. The van der Waals surface area contributed by atoms with Crippen molar-refractivity contribution >= 4 is 10.1 Å². The summed E-state index contributed by atoms with van der Waals surface area (Å²) in [6.45, 7) is 6.79. The van der Waals surface area contributed by atoms with E-state index in [1.165, 1.54) is 77.0 Å². The van der Waals surface area contributed by atoms with Crippen molar-refractivity contribution < 1.29 is 22.6 Å². The Morgan fingerprint density at radius 3 is 1.28 bits per heavy atom. The topological polar surface area (TPSA) is 77.4 Å². The number of aliphatic hydroxyl groups is 1. The quantitative estimate of drug-likeness (QED) is 0.0735. The lowest BCUT2D eigenvalue weighted by atomic mass is 10.1. The van der Waals surface area contributed by atoms with Crippen LogP contribution in [0.1, 0.15) is 136 Å². The van der Waals surface area contributed by atoms with E-state index in [0.717, 1.165) is 38.5 Å². The Balaban J connectivity index is 5.45. The number of rotatable bonds is 25. The molecule has 0 aliphatic carbocycles. The van der Waals surface area contributed by atoms with Crippen LogP contribution in [0.3, 0.4) is 0 Å². The molecule has 0 fully saturated rings. The van der Waals surface area contributed by atoms with Crippen molar-refractivity contribution in [3.8, 4) is 0 Å². The number of nitrogens with zero attached hydrogens (tertiary/aromatic N) is 1. The van der Waals surface area contributed by atoms with Crippen LogP contribution in [-0.4, -0.2) is 41.0 Å². The van der Waals surface area contributed by atoms with E-state index in [2.05, 4.69) is 57.6 Å². The van der Waals surface area contributed by atoms with Crippen LogP contribution in [0.4, 0.5) is 0 Å². The highest BCUT2D eigenvalue weighted by Gasteiger charge is 2.25. The van der Waals surface area contributed by atoms with E-state index >= 15 is 0 Å². The first-order valence-electron chi connectivity index (χ1n) is 14.8. The predicted molar refractivity (Wildman–Crippen MR) is 153 cm³/mol. The number of unbranched alkanes of at least 4 members (excludes halogenated alkanes) is 15. The number of quaternary nitrogens is 1. The van der Waals surface area contributed by atoms with E-state index < -0.39 is 22.0 Å². The smallest absolute Gasteiger partial charge is 0.119 e. The van der Waals surface area contributed by atoms with Gasteiger partial charge in [-0.1, -0.05) is 97.8 Å². The summed E-state index contributed by atoms with van der Waals surface area (Å²) in [5.74, 6) is -0.756. The van der Waals surface area contributed by atoms with E-state index in [1.807, 2.05) is 0 Å². The molecule has 6 heteroatoms. The number of hydrogen-bond acceptors (Lipinski definition) is 4. The summed E-state index contributed by atoms with van der Waals surface area (Å²) >= 11 is 0. The van der Waals surface area contributed by atoms with Gasteiger partial charge in [0.15, 0.2) is 0 Å². The fourth-order valence-electron chi connectivity index (χ4n) is 4.39. The van der Waals surface area contributed by atoms with Crippen LogP contribution in [0.2, 0.25) is 0 Å². The van der Waals surface area contributed by atoms with Crippen LogP contribution in [-0.2, 0) is 10.1 Å². The van der Waals surface area contributed by atoms with Gasteiger partial charge in [0.2, 0.25) is 0 Å². The second-order valence-corrected chi connectivity index (χ2v) is 11.8. The van der Waals surface area contributed by atoms with Gasteiger partial charge in [-0.15, -0.1) is 0 Å². The molecule has 1 atom stereocenters. The molecule has 36 heavy (non-hydrogen) atoms. The van der Waals surface area contributed by atoms with Crippen LogP contribution in [0.25, 0.3) is 0 Å². The maximum absolute atomic E-state index is 11.3. The lowest BCUT2D eigenvalue weighted by Crippen LogP contribution is -2.41. The highest BCUT2D eigenvalue weighted by molar-refractivity contribution is 7.85. The molecule has 0 rings (SSSR count). The molecule has 0 spiro atoms. The predicted octanol–water partition coefficient (Wildman–Crippen LogP) is 8.33. The summed E-state index contributed by atoms with van der Waals surface area (Å²) in [5, 5.41) is 10.5. The SMILES string of the molecule is CCCCCCC/C=C/[N+](/C=C/CCCCCCC)(/C=C/CCCCCCC)CC(O)CS(=O)(=O)[O-]. The second-order valence-electron chi connectivity index (χ2n) is 10.3. The van der Waals surface area contributed by atoms with Gasteiger partial charge in [-0.25, -0.2) is 12.9 Å². The Kier molecular flexibility index (Phi) is 22.6. The van der Waals surface area contributed by atoms with Crippen LogP contribution in [0.5, 0.6) is 0 Å². The molecule has 5 nitrogen and oxygen atoms in total. The van der Waals surface area contributed by atoms with Gasteiger partial charge >= 0.3 is 0 Å². The Labute approximate surface area is 224 Å². The lowest BCUT2D eigenvalue weighted by molar-refractivity contribution is -0.777. The van der Waals surface area contributed by atoms with E-state index in [9.17, 15) is 18.1 Å². The summed E-state index contributed by atoms with van der Waals surface area (Å²) in [4.78, 5) is 0. The first-order chi connectivity index (χ1) is 17.3. The minimum absolute atomic E-state index is 0.145. The number of allylic oxidation sites excluding steroid dienone is 3. The van der Waals surface area contributed by atoms with E-state index in [-0.39, 0.29) is 11.0 Å². The van der Waals surface area contributed by atoms with Crippen molar-refractivity contribution in [1.29, 1.82) is 0 Å². The Bertz CT molecular complexity index is 625. The second kappa shape index (κ2) is 23.2. The van der Waals surface area contributed by atoms with E-state index in [1.54, 1.807) is 0 Å². The van der Waals surface area contributed by atoms with Crippen molar-refractivity contribution in [1.82, 2.24) is 0 Å². The van der Waals surface area contributed by atoms with Crippen LogP contribution in [0, 0.1) is 0 Å². The summed E-state index contributed by atoms with van der Waals surface area (Å²) in [7, 11) is -4.49. The highest BCUT2D eigenvalue weighted by Crippen LogP contribution is 2.19. The fourth-order valence-corrected chi connectivity index (χ4v) is 4.97. The minimum Gasteiger partial charge on any atom is -0.748 e. The van der Waals surface area contributed by atoms with Crippen molar-refractivity contribution in [2.75, 3.05) is 12.3 Å². The van der Waals surface area contributed by atoms with Crippen molar-refractivity contribution in [3.63, 3.8) is 0 Å². The molecule has 0 radical (unpaired) electrons. The molecule has 0 aliphatic rings. The third-order valence-corrected chi connectivity index (χ3v) is 7.29. The van der Waals surface area contributed by atoms with Crippen molar-refractivity contribution in [2.24, 2.45) is 0 Å². The molecule has 0 bridgehead atoms. The zero-order valence-electron chi connectivity index (χ0n) is 23.7. The summed E-state index contributed by atoms with van der Waals surface area (Å²) in [6, 6.07) is 0. The highest BCUT2D eigenvalue weighted by atomic mass is 32.2. The third kappa shape index (κ3) is 22.3. The van der Waals surface area contributed by atoms with Gasteiger partial charge < -0.3 is 9.66 Å². The maximum Gasteiger partial charge on any atom is 0.119 e. The van der Waals surface area contributed by atoms with Crippen LogP contribution < -0.4 is 0 Å². The molecular weight excluding hydrogens is 470 g/mol. The minimum atomic E-state index is -4.49. The van der Waals surface area contributed by atoms with Gasteiger partial charge in [-0.05, 0) is 56.8 Å². The van der Waals surface area contributed by atoms with Crippen molar-refractivity contribution in [3.05, 3.63) is 36.8 Å². The molecular formula is C30H57NO4S. The largest absolute Gasteiger partial charge is 0.748 e. The molecule has 1 N–H and O–H groups in total. The Hall–Kier alpha value is -0.950. The molecule has 0 aromatic carbocycles. The molecule has 212 valence electrons. The number of aliphatic hydroxyl groups excluding tert-OH is 1. The van der Waals surface area contributed by atoms with Gasteiger partial charge in [0, 0.05) is 0 Å². The number of hydrogen-bond donors (Lipinski definition) is 1. The monoisotopic (exact) mass is 527 g/mol. The normalized spacial score (nSPS) is 14.0. The summed E-state index contributed by atoms with van der Waals surface area (Å²) in [6.07, 6.45) is 32.5.